The summed E-state index contributed by atoms with van der Waals surface area (Å²) in [5.74, 6) is -0.653. The van der Waals surface area contributed by atoms with Gasteiger partial charge in [-0.3, -0.25) is 14.5 Å². The number of nitrogens with two attached hydrogens (primary N) is 1. The van der Waals surface area contributed by atoms with Crippen LogP contribution in [0.1, 0.15) is 25.3 Å². The molecule has 2 atom stereocenters. The molecule has 0 aromatic heterocycles. The average Bonchev–Trinajstić information content (AvgIpc) is 2.88. The molecule has 1 aromatic carbocycles. The van der Waals surface area contributed by atoms with E-state index in [1.54, 1.807) is 6.07 Å². The van der Waals surface area contributed by atoms with Crippen molar-refractivity contribution in [2.24, 2.45) is 17.8 Å². The van der Waals surface area contributed by atoms with Crippen molar-refractivity contribution >= 4 is 17.5 Å². The molecular weight excluding hydrogens is 259 g/mol. The lowest BCUT2D eigenvalue weighted by Crippen LogP contribution is -2.31. The summed E-state index contributed by atoms with van der Waals surface area (Å²) in [6.45, 7) is 2.20. The molecule has 2 aliphatic rings. The molecule has 1 aliphatic carbocycles. The predicted octanol–water partition coefficient (Wildman–Crippen LogP) is 1.94. The molecule has 1 heterocycles. The van der Waals surface area contributed by atoms with Gasteiger partial charge in [-0.15, -0.1) is 0 Å². The summed E-state index contributed by atoms with van der Waals surface area (Å²) in [7, 11) is 0. The molecule has 2 fully saturated rings. The summed E-state index contributed by atoms with van der Waals surface area (Å²) in [5.41, 5.74) is 6.08. The molecule has 4 nitrogen and oxygen atoms in total. The van der Waals surface area contributed by atoms with Crippen LogP contribution in [0.2, 0.25) is 0 Å². The molecule has 1 aliphatic heterocycles. The first-order valence-corrected chi connectivity index (χ1v) is 6.86. The van der Waals surface area contributed by atoms with Crippen molar-refractivity contribution in [2.75, 3.05) is 5.73 Å². The second-order valence-electron chi connectivity index (χ2n) is 5.91. The smallest absolute Gasteiger partial charge is 0.233 e. The first kappa shape index (κ1) is 13.1. The van der Waals surface area contributed by atoms with Crippen LogP contribution in [0.15, 0.2) is 18.2 Å². The van der Waals surface area contributed by atoms with Gasteiger partial charge in [0.25, 0.3) is 0 Å². The maximum atomic E-state index is 13.4. The molecule has 0 bridgehead atoms. The lowest BCUT2D eigenvalue weighted by Gasteiger charge is -2.17. The fourth-order valence-corrected chi connectivity index (χ4v) is 3.35. The zero-order valence-corrected chi connectivity index (χ0v) is 11.3. The summed E-state index contributed by atoms with van der Waals surface area (Å²) in [6, 6.07) is 4.39. The number of amides is 2. The van der Waals surface area contributed by atoms with E-state index in [1.165, 1.54) is 17.0 Å². The van der Waals surface area contributed by atoms with Crippen LogP contribution in [0.3, 0.4) is 0 Å². The minimum absolute atomic E-state index is 0.0681. The van der Waals surface area contributed by atoms with Gasteiger partial charge in [-0.25, -0.2) is 4.39 Å². The highest BCUT2D eigenvalue weighted by molar-refractivity contribution is 6.05. The van der Waals surface area contributed by atoms with E-state index in [1.807, 2.05) is 0 Å². The predicted molar refractivity (Wildman–Crippen MR) is 71.7 cm³/mol. The number of benzene rings is 1. The van der Waals surface area contributed by atoms with Crippen LogP contribution >= 0.6 is 0 Å². The van der Waals surface area contributed by atoms with E-state index in [-0.39, 0.29) is 35.9 Å². The summed E-state index contributed by atoms with van der Waals surface area (Å²) < 4.78 is 13.4. The van der Waals surface area contributed by atoms with Crippen molar-refractivity contribution in [1.29, 1.82) is 0 Å². The van der Waals surface area contributed by atoms with Crippen molar-refractivity contribution in [3.8, 4) is 0 Å². The minimum Gasteiger partial charge on any atom is -0.396 e. The van der Waals surface area contributed by atoms with E-state index in [0.29, 0.717) is 11.5 Å². The quantitative estimate of drug-likeness (QED) is 0.663. The zero-order valence-electron chi connectivity index (χ0n) is 11.3. The fraction of sp³-hybridized carbons (Fsp3) is 0.467. The number of nitrogen functional groups attached to an aromatic ring is 1. The van der Waals surface area contributed by atoms with Crippen molar-refractivity contribution in [3.05, 3.63) is 29.6 Å². The number of hydrogen-bond acceptors (Lipinski definition) is 3. The highest BCUT2D eigenvalue weighted by Crippen LogP contribution is 2.43. The number of nitrogens with zero attached hydrogens (tertiary/aromatic N) is 1. The van der Waals surface area contributed by atoms with E-state index >= 15 is 0 Å². The summed E-state index contributed by atoms with van der Waals surface area (Å²) in [4.78, 5) is 25.8. The van der Waals surface area contributed by atoms with Crippen LogP contribution in [0.25, 0.3) is 0 Å². The SMILES string of the molecule is CC1CC2C(=O)N(Cc3ccc(N)c(F)c3)C(=O)C2C1. The molecule has 106 valence electrons. The monoisotopic (exact) mass is 276 g/mol. The molecule has 0 spiro atoms. The van der Waals surface area contributed by atoms with Gasteiger partial charge < -0.3 is 5.73 Å². The van der Waals surface area contributed by atoms with Gasteiger partial charge in [-0.2, -0.15) is 0 Å². The standard InChI is InChI=1S/C15H17FN2O2/c1-8-4-10-11(5-8)15(20)18(14(10)19)7-9-2-3-13(17)12(16)6-9/h2-3,6,8,10-11H,4-5,7,17H2,1H3. The number of carbonyl (C=O) groups is 2. The molecule has 2 amide bonds. The third kappa shape index (κ3) is 1.97. The number of halogens is 1. The Bertz CT molecular complexity index is 563. The second kappa shape index (κ2) is 4.58. The first-order chi connectivity index (χ1) is 9.47. The van der Waals surface area contributed by atoms with E-state index in [2.05, 4.69) is 6.92 Å². The molecule has 3 rings (SSSR count). The third-order valence-corrected chi connectivity index (χ3v) is 4.37. The lowest BCUT2D eigenvalue weighted by atomic mass is 10.00. The maximum absolute atomic E-state index is 13.4. The van der Waals surface area contributed by atoms with E-state index in [0.717, 1.165) is 12.8 Å². The molecule has 5 heteroatoms. The van der Waals surface area contributed by atoms with Crippen molar-refractivity contribution < 1.29 is 14.0 Å². The van der Waals surface area contributed by atoms with Crippen LogP contribution in [0.4, 0.5) is 10.1 Å². The average molecular weight is 276 g/mol. The maximum Gasteiger partial charge on any atom is 0.233 e. The largest absolute Gasteiger partial charge is 0.396 e. The van der Waals surface area contributed by atoms with Gasteiger partial charge >= 0.3 is 0 Å². The molecule has 2 N–H and O–H groups in total. The number of hydrogen-bond donors (Lipinski definition) is 1. The molecular formula is C15H17FN2O2. The Morgan fingerprint density at radius 1 is 1.25 bits per heavy atom. The number of imide groups is 1. The molecule has 2 unspecified atom stereocenters. The molecule has 0 radical (unpaired) electrons. The molecule has 1 saturated heterocycles. The second-order valence-corrected chi connectivity index (χ2v) is 5.91. The molecule has 20 heavy (non-hydrogen) atoms. The van der Waals surface area contributed by atoms with Crippen LogP contribution < -0.4 is 5.73 Å². The van der Waals surface area contributed by atoms with E-state index < -0.39 is 5.82 Å². The molecule has 1 saturated carbocycles. The molecule has 1 aromatic rings. The van der Waals surface area contributed by atoms with Gasteiger partial charge in [0.2, 0.25) is 11.8 Å². The number of carbonyl (C=O) groups excluding carboxylic acids is 2. The van der Waals surface area contributed by atoms with Gasteiger partial charge in [0.15, 0.2) is 0 Å². The Morgan fingerprint density at radius 3 is 2.40 bits per heavy atom. The van der Waals surface area contributed by atoms with Gasteiger partial charge in [0, 0.05) is 0 Å². The van der Waals surface area contributed by atoms with Gasteiger partial charge in [-0.1, -0.05) is 13.0 Å². The zero-order chi connectivity index (χ0) is 14.4. The van der Waals surface area contributed by atoms with E-state index in [9.17, 15) is 14.0 Å². The Labute approximate surface area is 116 Å². The van der Waals surface area contributed by atoms with E-state index in [4.69, 9.17) is 5.73 Å². The number of anilines is 1. The van der Waals surface area contributed by atoms with Crippen LogP contribution in [-0.4, -0.2) is 16.7 Å². The number of fused-ring (bicyclic) bond motifs is 1. The number of rotatable bonds is 2. The topological polar surface area (TPSA) is 63.4 Å². The fourth-order valence-electron chi connectivity index (χ4n) is 3.35. The van der Waals surface area contributed by atoms with Gasteiger partial charge in [0.1, 0.15) is 5.82 Å². The van der Waals surface area contributed by atoms with Crippen molar-refractivity contribution in [1.82, 2.24) is 4.90 Å². The minimum atomic E-state index is -0.518. The van der Waals surface area contributed by atoms with Crippen LogP contribution in [0.5, 0.6) is 0 Å². The third-order valence-electron chi connectivity index (χ3n) is 4.37. The van der Waals surface area contributed by atoms with Gasteiger partial charge in [0.05, 0.1) is 24.1 Å². The highest BCUT2D eigenvalue weighted by atomic mass is 19.1. The van der Waals surface area contributed by atoms with Crippen molar-refractivity contribution in [3.63, 3.8) is 0 Å². The Morgan fingerprint density at radius 2 is 1.85 bits per heavy atom. The summed E-state index contributed by atoms with van der Waals surface area (Å²) >= 11 is 0. The van der Waals surface area contributed by atoms with Crippen molar-refractivity contribution in [2.45, 2.75) is 26.3 Å². The van der Waals surface area contributed by atoms with Gasteiger partial charge in [-0.05, 0) is 36.5 Å². The summed E-state index contributed by atoms with van der Waals surface area (Å²) in [6.07, 6.45) is 1.56. The lowest BCUT2D eigenvalue weighted by molar-refractivity contribution is -0.141. The summed E-state index contributed by atoms with van der Waals surface area (Å²) in [5, 5.41) is 0. The normalized spacial score (nSPS) is 29.1. The number of likely N-dealkylation sites (tertiary alicyclic amines) is 1. The highest BCUT2D eigenvalue weighted by Gasteiger charge is 2.51. The first-order valence-electron chi connectivity index (χ1n) is 6.86. The Kier molecular flexibility index (Phi) is 3.00. The van der Waals surface area contributed by atoms with Crippen LogP contribution in [-0.2, 0) is 16.1 Å². The Balaban J connectivity index is 1.80. The Hall–Kier alpha value is -1.91. The van der Waals surface area contributed by atoms with Crippen LogP contribution in [0, 0.1) is 23.6 Å².